The van der Waals surface area contributed by atoms with Gasteiger partial charge in [0.05, 0.1) is 5.82 Å². The molecule has 0 fully saturated rings. The quantitative estimate of drug-likeness (QED) is 0.744. The number of nitrogens with two attached hydrogens (primary N) is 1. The van der Waals surface area contributed by atoms with E-state index in [1.807, 2.05) is 12.1 Å². The number of thiocarbonyl (C=S) groups is 1. The lowest BCUT2D eigenvalue weighted by atomic mass is 10.3. The molecule has 0 saturated heterocycles. The zero-order chi connectivity index (χ0) is 10.3. The fourth-order valence-corrected chi connectivity index (χ4v) is 0.942. The lowest BCUT2D eigenvalue weighted by molar-refractivity contribution is 1.33. The average molecular weight is 215 g/mol. The molecule has 0 aliphatic rings. The minimum atomic E-state index is 0.410. The Morgan fingerprint density at radius 2 is 2.08 bits per heavy atom. The Kier molecular flexibility index (Phi) is 5.93. The second-order valence-electron chi connectivity index (χ2n) is 2.16. The monoisotopic (exact) mass is 214 g/mol. The molecule has 2 nitrogen and oxygen atoms in total. The van der Waals surface area contributed by atoms with Crippen LogP contribution in [-0.4, -0.2) is 5.87 Å². The first kappa shape index (κ1) is 11.9. The van der Waals surface area contributed by atoms with Crippen molar-refractivity contribution < 1.29 is 0 Å². The predicted octanol–water partition coefficient (Wildman–Crippen LogP) is 2.80. The summed E-state index contributed by atoms with van der Waals surface area (Å²) >= 11 is 9.55. The Morgan fingerprint density at radius 1 is 1.46 bits per heavy atom. The van der Waals surface area contributed by atoms with Crippen molar-refractivity contribution in [3.63, 3.8) is 0 Å². The Bertz CT molecular complexity index is 289. The molecule has 0 radical (unpaired) electrons. The molecule has 0 aromatic heterocycles. The van der Waals surface area contributed by atoms with Crippen molar-refractivity contribution >= 4 is 35.4 Å². The highest BCUT2D eigenvalue weighted by Gasteiger charge is 1.91. The van der Waals surface area contributed by atoms with Crippen molar-refractivity contribution in [1.29, 1.82) is 0 Å². The van der Waals surface area contributed by atoms with Crippen LogP contribution < -0.4 is 11.1 Å². The summed E-state index contributed by atoms with van der Waals surface area (Å²) < 4.78 is 0. The highest BCUT2D eigenvalue weighted by Crippen LogP contribution is 2.14. The van der Waals surface area contributed by atoms with Gasteiger partial charge >= 0.3 is 0 Å². The van der Waals surface area contributed by atoms with Gasteiger partial charge < -0.3 is 11.1 Å². The molecule has 0 heterocycles. The summed E-state index contributed by atoms with van der Waals surface area (Å²) in [6.45, 7) is 3.50. The molecule has 1 rings (SSSR count). The number of nitrogens with one attached hydrogen (secondary N) is 1. The first-order valence-corrected chi connectivity index (χ1v) is 4.40. The van der Waals surface area contributed by atoms with E-state index >= 15 is 0 Å². The molecule has 0 aliphatic carbocycles. The third kappa shape index (κ3) is 5.22. The molecule has 0 atom stereocenters. The van der Waals surface area contributed by atoms with Crippen molar-refractivity contribution in [1.82, 2.24) is 0 Å². The Balaban J connectivity index is 0.000000671. The Hall–Kier alpha value is -1.06. The van der Waals surface area contributed by atoms with Crippen LogP contribution in [-0.2, 0) is 0 Å². The SMILES string of the molecule is C=C(N)Nc1cccc(Cl)c1.C=S. The summed E-state index contributed by atoms with van der Waals surface area (Å²) in [6, 6.07) is 7.28. The van der Waals surface area contributed by atoms with Gasteiger partial charge in [0.1, 0.15) is 0 Å². The van der Waals surface area contributed by atoms with Gasteiger partial charge in [0.2, 0.25) is 0 Å². The third-order valence-corrected chi connectivity index (χ3v) is 1.36. The van der Waals surface area contributed by atoms with E-state index in [0.717, 1.165) is 5.69 Å². The van der Waals surface area contributed by atoms with Crippen LogP contribution in [0.25, 0.3) is 0 Å². The third-order valence-electron chi connectivity index (χ3n) is 1.13. The van der Waals surface area contributed by atoms with E-state index in [9.17, 15) is 0 Å². The van der Waals surface area contributed by atoms with Crippen molar-refractivity contribution in [3.05, 3.63) is 41.7 Å². The van der Waals surface area contributed by atoms with E-state index in [1.165, 1.54) is 0 Å². The van der Waals surface area contributed by atoms with E-state index in [2.05, 4.69) is 30.0 Å². The minimum Gasteiger partial charge on any atom is -0.386 e. The van der Waals surface area contributed by atoms with Gasteiger partial charge in [0, 0.05) is 10.7 Å². The number of halogens is 1. The molecule has 0 spiro atoms. The Morgan fingerprint density at radius 3 is 2.54 bits per heavy atom. The summed E-state index contributed by atoms with van der Waals surface area (Å²) in [5, 5.41) is 3.52. The smallest absolute Gasteiger partial charge is 0.0930 e. The fourth-order valence-electron chi connectivity index (χ4n) is 0.752. The maximum atomic E-state index is 5.72. The lowest BCUT2D eigenvalue weighted by Gasteiger charge is -2.03. The van der Waals surface area contributed by atoms with Crippen molar-refractivity contribution in [2.24, 2.45) is 5.73 Å². The van der Waals surface area contributed by atoms with Gasteiger partial charge in [-0.05, 0) is 24.1 Å². The zero-order valence-electron chi connectivity index (χ0n) is 7.09. The number of hydrogen-bond acceptors (Lipinski definition) is 3. The van der Waals surface area contributed by atoms with E-state index < -0.39 is 0 Å². The molecule has 0 aliphatic heterocycles. The largest absolute Gasteiger partial charge is 0.386 e. The molecule has 0 saturated carbocycles. The van der Waals surface area contributed by atoms with Crippen LogP contribution in [0.4, 0.5) is 5.69 Å². The summed E-state index contributed by atoms with van der Waals surface area (Å²) in [7, 11) is 0. The second kappa shape index (κ2) is 6.46. The molecular formula is C9H11ClN2S. The summed E-state index contributed by atoms with van der Waals surface area (Å²) in [5.74, 6) is 3.24. The lowest BCUT2D eigenvalue weighted by Crippen LogP contribution is -2.06. The molecule has 1 aromatic rings. The topological polar surface area (TPSA) is 38.0 Å². The van der Waals surface area contributed by atoms with Gasteiger partial charge in [-0.3, -0.25) is 0 Å². The van der Waals surface area contributed by atoms with Gasteiger partial charge in [0.25, 0.3) is 0 Å². The van der Waals surface area contributed by atoms with Crippen molar-refractivity contribution in [2.45, 2.75) is 0 Å². The van der Waals surface area contributed by atoms with Crippen LogP contribution in [0.5, 0.6) is 0 Å². The summed E-state index contributed by atoms with van der Waals surface area (Å²) in [5.41, 5.74) is 6.18. The van der Waals surface area contributed by atoms with Gasteiger partial charge in [-0.2, -0.15) is 0 Å². The molecule has 4 heteroatoms. The number of rotatable bonds is 2. The highest BCUT2D eigenvalue weighted by atomic mass is 35.5. The number of benzene rings is 1. The van der Waals surface area contributed by atoms with Crippen LogP contribution >= 0.6 is 23.8 Å². The first-order chi connectivity index (χ1) is 6.18. The molecule has 3 N–H and O–H groups in total. The molecule has 1 aromatic carbocycles. The summed E-state index contributed by atoms with van der Waals surface area (Å²) in [6.07, 6.45) is 0. The standard InChI is InChI=1S/C8H9ClN2.CH2S/c1-6(10)11-8-4-2-3-7(9)5-8;1-2/h2-5,11H,1,10H2;1H2. The normalized spacial score (nSPS) is 8.08. The van der Waals surface area contributed by atoms with Crippen LogP contribution in [0.2, 0.25) is 5.02 Å². The van der Waals surface area contributed by atoms with E-state index in [1.54, 1.807) is 12.1 Å². The zero-order valence-corrected chi connectivity index (χ0v) is 8.66. The van der Waals surface area contributed by atoms with Crippen molar-refractivity contribution in [2.75, 3.05) is 5.32 Å². The number of hydrogen-bond donors (Lipinski definition) is 2. The van der Waals surface area contributed by atoms with Gasteiger partial charge in [-0.25, -0.2) is 0 Å². The average Bonchev–Trinajstić information content (AvgIpc) is 2.06. The Labute approximate surface area is 88.4 Å². The van der Waals surface area contributed by atoms with Crippen LogP contribution in [0.3, 0.4) is 0 Å². The first-order valence-electron chi connectivity index (χ1n) is 3.44. The molecule has 13 heavy (non-hydrogen) atoms. The van der Waals surface area contributed by atoms with E-state index in [4.69, 9.17) is 17.3 Å². The maximum absolute atomic E-state index is 5.72. The highest BCUT2D eigenvalue weighted by molar-refractivity contribution is 7.77. The summed E-state index contributed by atoms with van der Waals surface area (Å²) in [4.78, 5) is 0. The van der Waals surface area contributed by atoms with E-state index in [-0.39, 0.29) is 0 Å². The number of anilines is 1. The van der Waals surface area contributed by atoms with Crippen LogP contribution in [0.15, 0.2) is 36.7 Å². The maximum Gasteiger partial charge on any atom is 0.0930 e. The van der Waals surface area contributed by atoms with Gasteiger partial charge in [-0.15, -0.1) is 0 Å². The van der Waals surface area contributed by atoms with Gasteiger partial charge in [0.15, 0.2) is 0 Å². The molecule has 70 valence electrons. The fraction of sp³-hybridized carbons (Fsp3) is 0. The van der Waals surface area contributed by atoms with Gasteiger partial charge in [-0.1, -0.05) is 36.5 Å². The van der Waals surface area contributed by atoms with Crippen LogP contribution in [0.1, 0.15) is 0 Å². The predicted molar refractivity (Wildman–Crippen MR) is 63.1 cm³/mol. The van der Waals surface area contributed by atoms with Crippen molar-refractivity contribution in [3.8, 4) is 0 Å². The van der Waals surface area contributed by atoms with E-state index in [0.29, 0.717) is 10.8 Å². The second-order valence-corrected chi connectivity index (χ2v) is 2.60. The molecule has 0 bridgehead atoms. The molecule has 0 unspecified atom stereocenters. The molecule has 0 amide bonds. The minimum absolute atomic E-state index is 0.410. The molecular weight excluding hydrogens is 204 g/mol. The van der Waals surface area contributed by atoms with Crippen LogP contribution in [0, 0.1) is 0 Å².